The van der Waals surface area contributed by atoms with Crippen LogP contribution >= 0.6 is 0 Å². The van der Waals surface area contributed by atoms with Gasteiger partial charge < -0.3 is 9.88 Å². The number of rotatable bonds is 5. The molecule has 0 saturated carbocycles. The SMILES string of the molecule is CCCNC1CCCc2cn(Cc3cncc(F)c3)cc21. The van der Waals surface area contributed by atoms with E-state index >= 15 is 0 Å². The molecular formula is C17H22FN3. The Morgan fingerprint density at radius 1 is 1.38 bits per heavy atom. The minimum Gasteiger partial charge on any atom is -0.349 e. The van der Waals surface area contributed by atoms with Crippen LogP contribution in [0.15, 0.2) is 30.9 Å². The Hall–Kier alpha value is -1.68. The Labute approximate surface area is 125 Å². The van der Waals surface area contributed by atoms with Crippen molar-refractivity contribution in [1.29, 1.82) is 0 Å². The third kappa shape index (κ3) is 3.32. The average Bonchev–Trinajstić information content (AvgIpc) is 2.88. The Balaban J connectivity index is 1.78. The molecule has 2 heterocycles. The van der Waals surface area contributed by atoms with Crippen molar-refractivity contribution >= 4 is 0 Å². The second kappa shape index (κ2) is 6.39. The summed E-state index contributed by atoms with van der Waals surface area (Å²) in [7, 11) is 0. The van der Waals surface area contributed by atoms with Gasteiger partial charge in [-0.2, -0.15) is 0 Å². The first-order valence-corrected chi connectivity index (χ1v) is 7.77. The van der Waals surface area contributed by atoms with Crippen molar-refractivity contribution in [2.45, 2.75) is 45.2 Å². The smallest absolute Gasteiger partial charge is 0.141 e. The summed E-state index contributed by atoms with van der Waals surface area (Å²) in [5.74, 6) is -0.271. The van der Waals surface area contributed by atoms with E-state index in [2.05, 4.69) is 34.2 Å². The Morgan fingerprint density at radius 2 is 2.29 bits per heavy atom. The second-order valence-electron chi connectivity index (χ2n) is 5.82. The van der Waals surface area contributed by atoms with Crippen molar-refractivity contribution in [1.82, 2.24) is 14.9 Å². The molecule has 1 unspecified atom stereocenters. The summed E-state index contributed by atoms with van der Waals surface area (Å²) in [6.07, 6.45) is 12.1. The summed E-state index contributed by atoms with van der Waals surface area (Å²) in [6, 6.07) is 2.03. The maximum absolute atomic E-state index is 13.2. The number of aromatic nitrogens is 2. The largest absolute Gasteiger partial charge is 0.349 e. The summed E-state index contributed by atoms with van der Waals surface area (Å²) >= 11 is 0. The van der Waals surface area contributed by atoms with Crippen molar-refractivity contribution in [3.05, 3.63) is 53.4 Å². The molecule has 0 spiro atoms. The topological polar surface area (TPSA) is 29.9 Å². The van der Waals surface area contributed by atoms with Crippen LogP contribution in [0.25, 0.3) is 0 Å². The highest BCUT2D eigenvalue weighted by molar-refractivity contribution is 5.31. The van der Waals surface area contributed by atoms with Gasteiger partial charge in [-0.1, -0.05) is 6.92 Å². The fraction of sp³-hybridized carbons (Fsp3) is 0.471. The predicted octanol–water partition coefficient (Wildman–Crippen LogP) is 3.45. The first-order valence-electron chi connectivity index (χ1n) is 7.77. The van der Waals surface area contributed by atoms with E-state index < -0.39 is 0 Å². The Kier molecular flexibility index (Phi) is 4.34. The van der Waals surface area contributed by atoms with Crippen LogP contribution in [0.4, 0.5) is 4.39 Å². The number of nitrogens with zero attached hydrogens (tertiary/aromatic N) is 2. The van der Waals surface area contributed by atoms with Crippen molar-refractivity contribution in [3.8, 4) is 0 Å². The zero-order valence-electron chi connectivity index (χ0n) is 12.5. The molecule has 0 bridgehead atoms. The van der Waals surface area contributed by atoms with Gasteiger partial charge in [-0.05, 0) is 55.0 Å². The molecule has 0 aliphatic heterocycles. The predicted molar refractivity (Wildman–Crippen MR) is 81.7 cm³/mol. The van der Waals surface area contributed by atoms with E-state index in [4.69, 9.17) is 0 Å². The average molecular weight is 287 g/mol. The molecule has 1 aliphatic rings. The number of hydrogen-bond acceptors (Lipinski definition) is 2. The van der Waals surface area contributed by atoms with Crippen molar-refractivity contribution < 1.29 is 4.39 Å². The second-order valence-corrected chi connectivity index (χ2v) is 5.82. The van der Waals surface area contributed by atoms with Gasteiger partial charge in [-0.15, -0.1) is 0 Å². The fourth-order valence-corrected chi connectivity index (χ4v) is 3.12. The van der Waals surface area contributed by atoms with E-state index in [1.54, 1.807) is 12.3 Å². The van der Waals surface area contributed by atoms with E-state index in [9.17, 15) is 4.39 Å². The van der Waals surface area contributed by atoms with Gasteiger partial charge >= 0.3 is 0 Å². The van der Waals surface area contributed by atoms with Crippen molar-refractivity contribution in [2.24, 2.45) is 0 Å². The number of aryl methyl sites for hydroxylation is 1. The lowest BCUT2D eigenvalue weighted by molar-refractivity contribution is 0.462. The maximum atomic E-state index is 13.2. The van der Waals surface area contributed by atoms with Crippen LogP contribution in [0.1, 0.15) is 48.9 Å². The fourth-order valence-electron chi connectivity index (χ4n) is 3.12. The molecule has 3 nitrogen and oxygen atoms in total. The first kappa shape index (κ1) is 14.3. The monoisotopic (exact) mass is 287 g/mol. The molecule has 4 heteroatoms. The molecule has 2 aromatic heterocycles. The third-order valence-corrected chi connectivity index (χ3v) is 4.08. The van der Waals surface area contributed by atoms with Crippen molar-refractivity contribution in [2.75, 3.05) is 6.54 Å². The number of fused-ring (bicyclic) bond motifs is 1. The summed E-state index contributed by atoms with van der Waals surface area (Å²) in [5, 5.41) is 3.63. The quantitative estimate of drug-likeness (QED) is 0.913. The molecule has 0 aromatic carbocycles. The summed E-state index contributed by atoms with van der Waals surface area (Å²) < 4.78 is 15.4. The lowest BCUT2D eigenvalue weighted by atomic mass is 9.91. The first-order chi connectivity index (χ1) is 10.3. The molecule has 3 rings (SSSR count). The van der Waals surface area contributed by atoms with Gasteiger partial charge in [-0.25, -0.2) is 4.39 Å². The Morgan fingerprint density at radius 3 is 3.10 bits per heavy atom. The molecular weight excluding hydrogens is 265 g/mol. The molecule has 0 radical (unpaired) electrons. The van der Waals surface area contributed by atoms with E-state index in [-0.39, 0.29) is 5.82 Å². The van der Waals surface area contributed by atoms with Crippen LogP contribution in [0.3, 0.4) is 0 Å². The van der Waals surface area contributed by atoms with Gasteiger partial charge in [0.2, 0.25) is 0 Å². The normalized spacial score (nSPS) is 17.7. The van der Waals surface area contributed by atoms with Crippen LogP contribution in [0.2, 0.25) is 0 Å². The van der Waals surface area contributed by atoms with Gasteiger partial charge in [0.15, 0.2) is 0 Å². The highest BCUT2D eigenvalue weighted by atomic mass is 19.1. The third-order valence-electron chi connectivity index (χ3n) is 4.08. The van der Waals surface area contributed by atoms with Crippen molar-refractivity contribution in [3.63, 3.8) is 0 Å². The molecule has 1 aliphatic carbocycles. The highest BCUT2D eigenvalue weighted by Gasteiger charge is 2.21. The lowest BCUT2D eigenvalue weighted by Gasteiger charge is -2.23. The van der Waals surface area contributed by atoms with Gasteiger partial charge in [0, 0.05) is 31.2 Å². The zero-order chi connectivity index (χ0) is 14.7. The van der Waals surface area contributed by atoms with E-state index in [1.165, 1.54) is 30.2 Å². The van der Waals surface area contributed by atoms with E-state index in [0.717, 1.165) is 24.9 Å². The lowest BCUT2D eigenvalue weighted by Crippen LogP contribution is -2.24. The summed E-state index contributed by atoms with van der Waals surface area (Å²) in [6.45, 7) is 3.93. The van der Waals surface area contributed by atoms with Gasteiger partial charge in [0.1, 0.15) is 5.82 Å². The zero-order valence-corrected chi connectivity index (χ0v) is 12.5. The molecule has 2 aromatic rings. The van der Waals surface area contributed by atoms with Crippen LogP contribution in [-0.2, 0) is 13.0 Å². The summed E-state index contributed by atoms with van der Waals surface area (Å²) in [5.41, 5.74) is 3.75. The van der Waals surface area contributed by atoms with E-state index in [0.29, 0.717) is 12.6 Å². The standard InChI is InChI=1S/C17H22FN3/c1-2-6-20-17-5-3-4-14-11-21(12-16(14)17)10-13-7-15(18)9-19-8-13/h7-9,11-12,17,20H,2-6,10H2,1H3. The molecule has 0 fully saturated rings. The number of nitrogens with one attached hydrogen (secondary N) is 1. The molecule has 112 valence electrons. The van der Waals surface area contributed by atoms with Crippen LogP contribution in [-0.4, -0.2) is 16.1 Å². The van der Waals surface area contributed by atoms with E-state index in [1.807, 2.05) is 0 Å². The van der Waals surface area contributed by atoms with Gasteiger partial charge in [0.05, 0.1) is 6.20 Å². The number of halogens is 1. The molecule has 0 saturated heterocycles. The maximum Gasteiger partial charge on any atom is 0.141 e. The molecule has 0 amide bonds. The van der Waals surface area contributed by atoms with Gasteiger partial charge in [0.25, 0.3) is 0 Å². The summed E-state index contributed by atoms with van der Waals surface area (Å²) in [4.78, 5) is 3.92. The molecule has 1 atom stereocenters. The number of hydrogen-bond donors (Lipinski definition) is 1. The Bertz CT molecular complexity index is 606. The van der Waals surface area contributed by atoms with Crippen LogP contribution in [0.5, 0.6) is 0 Å². The highest BCUT2D eigenvalue weighted by Crippen LogP contribution is 2.30. The molecule has 21 heavy (non-hydrogen) atoms. The van der Waals surface area contributed by atoms with Gasteiger partial charge in [-0.3, -0.25) is 4.98 Å². The minimum absolute atomic E-state index is 0.271. The molecule has 1 N–H and O–H groups in total. The van der Waals surface area contributed by atoms with Crippen LogP contribution in [0, 0.1) is 5.82 Å². The number of pyridine rings is 1. The van der Waals surface area contributed by atoms with Crippen LogP contribution < -0.4 is 5.32 Å². The minimum atomic E-state index is -0.271.